The summed E-state index contributed by atoms with van der Waals surface area (Å²) in [6.45, 7) is -0.102. The molecule has 0 atom stereocenters. The highest BCUT2D eigenvalue weighted by molar-refractivity contribution is 7.20. The van der Waals surface area contributed by atoms with Gasteiger partial charge in [0.25, 0.3) is 5.91 Å². The van der Waals surface area contributed by atoms with Crippen LogP contribution in [0.4, 0.5) is 13.2 Å². The summed E-state index contributed by atoms with van der Waals surface area (Å²) in [5.41, 5.74) is 0.479. The summed E-state index contributed by atoms with van der Waals surface area (Å²) in [5, 5.41) is 7.29. The first kappa shape index (κ1) is 19.4. The van der Waals surface area contributed by atoms with Crippen LogP contribution in [0.3, 0.4) is 0 Å². The van der Waals surface area contributed by atoms with Crippen LogP contribution >= 0.6 is 22.9 Å². The van der Waals surface area contributed by atoms with Crippen molar-refractivity contribution in [2.45, 2.75) is 12.7 Å². The highest BCUT2D eigenvalue weighted by atomic mass is 35.5. The predicted octanol–water partition coefficient (Wildman–Crippen LogP) is 5.08. The Hall–Kier alpha value is -2.91. The molecular weight excluding hydrogens is 425 g/mol. The largest absolute Gasteiger partial charge is 0.416 e. The zero-order valence-electron chi connectivity index (χ0n) is 14.6. The summed E-state index contributed by atoms with van der Waals surface area (Å²) in [4.78, 5) is 16.8. The second kappa shape index (κ2) is 7.49. The number of hydrogen-bond acceptors (Lipinski definition) is 4. The summed E-state index contributed by atoms with van der Waals surface area (Å²) in [6.07, 6.45) is -1.62. The zero-order valence-corrected chi connectivity index (χ0v) is 16.1. The number of nitrogens with one attached hydrogen (secondary N) is 1. The Balaban J connectivity index is 1.48. The zero-order chi connectivity index (χ0) is 20.6. The van der Waals surface area contributed by atoms with Crippen LogP contribution in [0.2, 0.25) is 5.02 Å². The fraction of sp³-hybridized carbons (Fsp3) is 0.105. The van der Waals surface area contributed by atoms with E-state index < -0.39 is 17.6 Å². The van der Waals surface area contributed by atoms with Crippen LogP contribution in [0.5, 0.6) is 0 Å². The van der Waals surface area contributed by atoms with Gasteiger partial charge in [-0.15, -0.1) is 0 Å². The van der Waals surface area contributed by atoms with Gasteiger partial charge in [-0.1, -0.05) is 35.1 Å². The molecule has 10 heteroatoms. The number of hydrogen-bond donors (Lipinski definition) is 1. The Labute approximate surface area is 171 Å². The van der Waals surface area contributed by atoms with E-state index in [0.717, 1.165) is 22.3 Å². The lowest BCUT2D eigenvalue weighted by Crippen LogP contribution is -2.22. The van der Waals surface area contributed by atoms with Crippen molar-refractivity contribution in [2.75, 3.05) is 0 Å². The van der Waals surface area contributed by atoms with Gasteiger partial charge in [-0.25, -0.2) is 9.67 Å². The van der Waals surface area contributed by atoms with E-state index in [2.05, 4.69) is 15.4 Å². The molecule has 0 aliphatic heterocycles. The number of halogens is 4. The lowest BCUT2D eigenvalue weighted by atomic mass is 10.1. The van der Waals surface area contributed by atoms with Crippen molar-refractivity contribution in [3.63, 3.8) is 0 Å². The van der Waals surface area contributed by atoms with E-state index in [0.29, 0.717) is 5.13 Å². The summed E-state index contributed by atoms with van der Waals surface area (Å²) in [6, 6.07) is 10.8. The number of carbonyl (C=O) groups is 1. The first-order chi connectivity index (χ1) is 13.8. The highest BCUT2D eigenvalue weighted by Gasteiger charge is 2.31. The lowest BCUT2D eigenvalue weighted by Gasteiger charge is -2.10. The van der Waals surface area contributed by atoms with E-state index in [4.69, 9.17) is 11.6 Å². The second-order valence-electron chi connectivity index (χ2n) is 6.17. The van der Waals surface area contributed by atoms with Gasteiger partial charge in [0, 0.05) is 17.8 Å². The van der Waals surface area contributed by atoms with E-state index in [-0.39, 0.29) is 22.7 Å². The van der Waals surface area contributed by atoms with Crippen molar-refractivity contribution in [2.24, 2.45) is 0 Å². The minimum absolute atomic E-state index is 0.0484. The van der Waals surface area contributed by atoms with Gasteiger partial charge in [-0.3, -0.25) is 4.79 Å². The van der Waals surface area contributed by atoms with Gasteiger partial charge in [-0.2, -0.15) is 18.3 Å². The third-order valence-electron chi connectivity index (χ3n) is 4.06. The number of fused-ring (bicyclic) bond motifs is 1. The molecule has 5 nitrogen and oxygen atoms in total. The average Bonchev–Trinajstić information content (AvgIpc) is 3.31. The molecule has 0 unspecified atom stereocenters. The maximum absolute atomic E-state index is 12.9. The highest BCUT2D eigenvalue weighted by Crippen LogP contribution is 2.32. The maximum atomic E-state index is 12.9. The Morgan fingerprint density at radius 1 is 1.21 bits per heavy atom. The number of aromatic nitrogens is 3. The fourth-order valence-electron chi connectivity index (χ4n) is 2.70. The molecule has 2 heterocycles. The summed E-state index contributed by atoms with van der Waals surface area (Å²) in [7, 11) is 0. The third-order valence-corrected chi connectivity index (χ3v) is 5.31. The van der Waals surface area contributed by atoms with Gasteiger partial charge >= 0.3 is 6.18 Å². The van der Waals surface area contributed by atoms with Crippen LogP contribution in [0.1, 0.15) is 21.5 Å². The third kappa shape index (κ3) is 4.25. The SMILES string of the molecule is O=C(NCc1cc(Cl)cc(C(F)(F)F)c1)c1cnn(-c2nc3ccccc3s2)c1. The minimum atomic E-state index is -4.51. The number of rotatable bonds is 4. The van der Waals surface area contributed by atoms with Gasteiger partial charge in [0.2, 0.25) is 5.13 Å². The quantitative estimate of drug-likeness (QED) is 0.485. The summed E-state index contributed by atoms with van der Waals surface area (Å²) < 4.78 is 41.1. The molecule has 29 heavy (non-hydrogen) atoms. The first-order valence-electron chi connectivity index (χ1n) is 8.35. The van der Waals surface area contributed by atoms with Crippen molar-refractivity contribution in [3.05, 3.63) is 76.6 Å². The normalized spacial score (nSPS) is 11.7. The molecule has 0 aliphatic rings. The molecule has 2 aromatic heterocycles. The molecule has 0 saturated heterocycles. The molecule has 1 amide bonds. The molecule has 0 saturated carbocycles. The minimum Gasteiger partial charge on any atom is -0.348 e. The monoisotopic (exact) mass is 436 g/mol. The Kier molecular flexibility index (Phi) is 5.01. The molecule has 2 aromatic carbocycles. The topological polar surface area (TPSA) is 59.8 Å². The smallest absolute Gasteiger partial charge is 0.348 e. The molecule has 148 valence electrons. The van der Waals surface area contributed by atoms with Crippen molar-refractivity contribution in [1.82, 2.24) is 20.1 Å². The van der Waals surface area contributed by atoms with Gasteiger partial charge in [0.1, 0.15) is 0 Å². The number of alkyl halides is 3. The number of benzene rings is 2. The van der Waals surface area contributed by atoms with Gasteiger partial charge < -0.3 is 5.32 Å². The Morgan fingerprint density at radius 2 is 2.00 bits per heavy atom. The van der Waals surface area contributed by atoms with Crippen LogP contribution in [-0.2, 0) is 12.7 Å². The van der Waals surface area contributed by atoms with E-state index in [1.807, 2.05) is 24.3 Å². The van der Waals surface area contributed by atoms with Crippen LogP contribution in [0.15, 0.2) is 54.9 Å². The molecule has 1 N–H and O–H groups in total. The van der Waals surface area contributed by atoms with Gasteiger partial charge in [-0.05, 0) is 35.9 Å². The molecule has 0 spiro atoms. The summed E-state index contributed by atoms with van der Waals surface area (Å²) >= 11 is 7.19. The molecule has 0 radical (unpaired) electrons. The molecular formula is C19H12ClF3N4OS. The van der Waals surface area contributed by atoms with Crippen LogP contribution in [0.25, 0.3) is 15.3 Å². The lowest BCUT2D eigenvalue weighted by molar-refractivity contribution is -0.137. The first-order valence-corrected chi connectivity index (χ1v) is 9.54. The van der Waals surface area contributed by atoms with Crippen LogP contribution < -0.4 is 5.32 Å². The van der Waals surface area contributed by atoms with E-state index in [1.54, 1.807) is 0 Å². The van der Waals surface area contributed by atoms with E-state index in [9.17, 15) is 18.0 Å². The molecule has 0 aliphatic carbocycles. The van der Waals surface area contributed by atoms with E-state index in [1.165, 1.54) is 34.5 Å². The average molecular weight is 437 g/mol. The summed E-state index contributed by atoms with van der Waals surface area (Å²) in [5.74, 6) is -0.467. The van der Waals surface area contributed by atoms with Crippen molar-refractivity contribution in [3.8, 4) is 5.13 Å². The van der Waals surface area contributed by atoms with E-state index >= 15 is 0 Å². The molecule has 0 bridgehead atoms. The molecule has 4 rings (SSSR count). The van der Waals surface area contributed by atoms with Crippen LogP contribution in [-0.4, -0.2) is 20.7 Å². The standard InChI is InChI=1S/C19H12ClF3N4OS/c20-14-6-11(5-13(7-14)19(21,22)23)8-24-17(28)12-9-25-27(10-12)18-26-15-3-1-2-4-16(15)29-18/h1-7,9-10H,8H2,(H,24,28). The Morgan fingerprint density at radius 3 is 2.76 bits per heavy atom. The van der Waals surface area contributed by atoms with Crippen molar-refractivity contribution < 1.29 is 18.0 Å². The van der Waals surface area contributed by atoms with Gasteiger partial charge in [0.05, 0.1) is 27.5 Å². The number of para-hydroxylation sites is 1. The molecule has 4 aromatic rings. The van der Waals surface area contributed by atoms with Crippen molar-refractivity contribution in [1.29, 1.82) is 0 Å². The Bertz CT molecular complexity index is 1170. The predicted molar refractivity (Wildman–Crippen MR) is 104 cm³/mol. The fourth-order valence-corrected chi connectivity index (χ4v) is 3.86. The molecule has 0 fully saturated rings. The van der Waals surface area contributed by atoms with Crippen molar-refractivity contribution >= 4 is 39.1 Å². The number of thiazole rings is 1. The second-order valence-corrected chi connectivity index (χ2v) is 7.61. The van der Waals surface area contributed by atoms with Crippen LogP contribution in [0, 0.1) is 0 Å². The number of amides is 1. The van der Waals surface area contributed by atoms with Gasteiger partial charge in [0.15, 0.2) is 0 Å². The number of carbonyl (C=O) groups excluding carboxylic acids is 1. The maximum Gasteiger partial charge on any atom is 0.416 e. The number of nitrogens with zero attached hydrogens (tertiary/aromatic N) is 3.